The number of thiol groups is 1. The van der Waals surface area contributed by atoms with E-state index >= 15 is 0 Å². The van der Waals surface area contributed by atoms with Crippen LogP contribution in [0.5, 0.6) is 5.75 Å². The first kappa shape index (κ1) is 18.8. The van der Waals surface area contributed by atoms with Gasteiger partial charge in [0.2, 0.25) is 0 Å². The van der Waals surface area contributed by atoms with E-state index in [1.807, 2.05) is 78.9 Å². The van der Waals surface area contributed by atoms with Crippen molar-refractivity contribution in [3.8, 4) is 5.75 Å². The van der Waals surface area contributed by atoms with E-state index < -0.39 is 0 Å². The summed E-state index contributed by atoms with van der Waals surface area (Å²) in [5.74, 6) is 1.04. The molecule has 29 heavy (non-hydrogen) atoms. The Labute approximate surface area is 174 Å². The molecule has 0 saturated heterocycles. The lowest BCUT2D eigenvalue weighted by Gasteiger charge is -2.20. The first-order valence-electron chi connectivity index (χ1n) is 9.04. The summed E-state index contributed by atoms with van der Waals surface area (Å²) < 4.78 is 5.20. The number of amidine groups is 1. The second-order valence-electron chi connectivity index (χ2n) is 6.37. The van der Waals surface area contributed by atoms with Crippen LogP contribution in [0.2, 0.25) is 0 Å². The van der Waals surface area contributed by atoms with Gasteiger partial charge in [0.1, 0.15) is 11.4 Å². The van der Waals surface area contributed by atoms with E-state index in [1.54, 1.807) is 13.2 Å². The zero-order chi connectivity index (χ0) is 20.2. The number of anilines is 1. The van der Waals surface area contributed by atoms with Crippen molar-refractivity contribution in [1.82, 2.24) is 5.01 Å². The Morgan fingerprint density at radius 2 is 1.66 bits per heavy atom. The van der Waals surface area contributed by atoms with Crippen molar-refractivity contribution in [3.63, 3.8) is 0 Å². The predicted molar refractivity (Wildman–Crippen MR) is 118 cm³/mol. The molecule has 0 bridgehead atoms. The highest BCUT2D eigenvalue weighted by Gasteiger charge is 2.31. The third-order valence-corrected chi connectivity index (χ3v) is 4.86. The van der Waals surface area contributed by atoms with E-state index in [9.17, 15) is 4.79 Å². The number of hydrazine groups is 1. The van der Waals surface area contributed by atoms with Gasteiger partial charge in [-0.05, 0) is 42.0 Å². The number of benzene rings is 3. The van der Waals surface area contributed by atoms with Crippen LogP contribution in [0.15, 0.2) is 94.4 Å². The number of hydrogen-bond acceptors (Lipinski definition) is 5. The van der Waals surface area contributed by atoms with Gasteiger partial charge in [-0.15, -0.1) is 12.6 Å². The van der Waals surface area contributed by atoms with Crippen LogP contribution in [-0.2, 0) is 4.79 Å². The van der Waals surface area contributed by atoms with Crippen molar-refractivity contribution >= 4 is 36.1 Å². The van der Waals surface area contributed by atoms with Crippen molar-refractivity contribution in [3.05, 3.63) is 95.7 Å². The van der Waals surface area contributed by atoms with Crippen molar-refractivity contribution in [2.24, 2.45) is 4.99 Å². The molecule has 0 saturated carbocycles. The molecular weight excluding hydrogens is 382 g/mol. The molecule has 0 atom stereocenters. The number of ether oxygens (including phenoxy) is 1. The molecule has 1 aliphatic heterocycles. The molecule has 0 spiro atoms. The SMILES string of the molecule is COc1ccc(NN2C(=O)/C(=C/c3ccccc3S)N=C2c2ccccc2)cc1. The third kappa shape index (κ3) is 4.02. The van der Waals surface area contributed by atoms with E-state index in [2.05, 4.69) is 23.0 Å². The zero-order valence-corrected chi connectivity index (χ0v) is 16.6. The Morgan fingerprint density at radius 1 is 0.966 bits per heavy atom. The van der Waals surface area contributed by atoms with E-state index in [0.717, 1.165) is 27.5 Å². The average molecular weight is 401 g/mol. The summed E-state index contributed by atoms with van der Waals surface area (Å²) in [5.41, 5.74) is 5.92. The van der Waals surface area contributed by atoms with Gasteiger partial charge in [0.15, 0.2) is 5.84 Å². The maximum Gasteiger partial charge on any atom is 0.297 e. The number of aliphatic imine (C=N–C) groups is 1. The lowest BCUT2D eigenvalue weighted by atomic mass is 10.2. The van der Waals surface area contributed by atoms with E-state index in [0.29, 0.717) is 11.5 Å². The number of carbonyl (C=O) groups is 1. The summed E-state index contributed by atoms with van der Waals surface area (Å²) in [6, 6.07) is 24.5. The highest BCUT2D eigenvalue weighted by molar-refractivity contribution is 7.80. The maximum atomic E-state index is 13.2. The van der Waals surface area contributed by atoms with E-state index in [4.69, 9.17) is 4.74 Å². The summed E-state index contributed by atoms with van der Waals surface area (Å²) in [5, 5.41) is 1.46. The Hall–Kier alpha value is -3.51. The lowest BCUT2D eigenvalue weighted by Crippen LogP contribution is -2.37. The first-order valence-corrected chi connectivity index (χ1v) is 9.49. The number of amides is 1. The molecule has 4 rings (SSSR count). The molecular formula is C23H19N3O2S. The van der Waals surface area contributed by atoms with Crippen molar-refractivity contribution < 1.29 is 9.53 Å². The van der Waals surface area contributed by atoms with Crippen LogP contribution >= 0.6 is 12.6 Å². The summed E-state index contributed by atoms with van der Waals surface area (Å²) in [6.07, 6.45) is 1.75. The molecule has 0 fully saturated rings. The summed E-state index contributed by atoms with van der Waals surface area (Å²) >= 11 is 4.47. The second kappa shape index (κ2) is 8.24. The first-order chi connectivity index (χ1) is 14.2. The van der Waals surface area contributed by atoms with Gasteiger partial charge in [0.05, 0.1) is 12.8 Å². The van der Waals surface area contributed by atoms with Gasteiger partial charge in [0.25, 0.3) is 5.91 Å². The fourth-order valence-electron chi connectivity index (χ4n) is 2.95. The fraction of sp³-hybridized carbons (Fsp3) is 0.0435. The molecule has 0 aromatic heterocycles. The van der Waals surface area contributed by atoms with Gasteiger partial charge in [-0.1, -0.05) is 48.5 Å². The topological polar surface area (TPSA) is 53.9 Å². The minimum atomic E-state index is -0.240. The molecule has 0 unspecified atom stereocenters. The fourth-order valence-corrected chi connectivity index (χ4v) is 3.18. The number of hydrogen-bond donors (Lipinski definition) is 2. The van der Waals surface area contributed by atoms with Crippen LogP contribution in [0.4, 0.5) is 5.69 Å². The van der Waals surface area contributed by atoms with Crippen LogP contribution in [-0.4, -0.2) is 23.9 Å². The van der Waals surface area contributed by atoms with Gasteiger partial charge in [-0.3, -0.25) is 10.2 Å². The normalized spacial score (nSPS) is 14.8. The summed E-state index contributed by atoms with van der Waals surface area (Å²) in [7, 11) is 1.61. The van der Waals surface area contributed by atoms with Crippen molar-refractivity contribution in [2.45, 2.75) is 4.90 Å². The highest BCUT2D eigenvalue weighted by Crippen LogP contribution is 2.25. The van der Waals surface area contributed by atoms with E-state index in [-0.39, 0.29) is 5.91 Å². The molecule has 3 aromatic rings. The molecule has 1 amide bonds. The molecule has 3 aromatic carbocycles. The summed E-state index contributed by atoms with van der Waals surface area (Å²) in [4.78, 5) is 18.6. The van der Waals surface area contributed by atoms with Gasteiger partial charge < -0.3 is 4.74 Å². The Balaban J connectivity index is 1.72. The molecule has 0 aliphatic carbocycles. The molecule has 1 aliphatic rings. The summed E-state index contributed by atoms with van der Waals surface area (Å²) in [6.45, 7) is 0. The monoisotopic (exact) mass is 401 g/mol. The van der Waals surface area contributed by atoms with Crippen LogP contribution < -0.4 is 10.2 Å². The second-order valence-corrected chi connectivity index (χ2v) is 6.85. The van der Waals surface area contributed by atoms with Crippen molar-refractivity contribution in [1.29, 1.82) is 0 Å². The predicted octanol–water partition coefficient (Wildman–Crippen LogP) is 4.64. The van der Waals surface area contributed by atoms with Crippen LogP contribution in [0.3, 0.4) is 0 Å². The Bertz CT molecular complexity index is 1090. The minimum Gasteiger partial charge on any atom is -0.497 e. The molecule has 1 N–H and O–H groups in total. The highest BCUT2D eigenvalue weighted by atomic mass is 32.1. The molecule has 1 heterocycles. The van der Waals surface area contributed by atoms with Crippen LogP contribution in [0.25, 0.3) is 6.08 Å². The Kier molecular flexibility index (Phi) is 5.35. The van der Waals surface area contributed by atoms with E-state index in [1.165, 1.54) is 5.01 Å². The molecule has 0 radical (unpaired) electrons. The van der Waals surface area contributed by atoms with Crippen LogP contribution in [0, 0.1) is 0 Å². The quantitative estimate of drug-likeness (QED) is 0.484. The lowest BCUT2D eigenvalue weighted by molar-refractivity contribution is -0.121. The standard InChI is InChI=1S/C23H19N3O2S/c1-28-19-13-11-18(12-14-19)25-26-22(16-7-3-2-4-8-16)24-20(23(26)27)15-17-9-5-6-10-21(17)29/h2-15,25,29H,1H3/b20-15-. The number of nitrogens with zero attached hydrogens (tertiary/aromatic N) is 2. The minimum absolute atomic E-state index is 0.240. The van der Waals surface area contributed by atoms with Gasteiger partial charge in [0, 0.05) is 10.5 Å². The van der Waals surface area contributed by atoms with Crippen LogP contribution in [0.1, 0.15) is 11.1 Å². The molecule has 5 nitrogen and oxygen atoms in total. The maximum absolute atomic E-state index is 13.2. The average Bonchev–Trinajstić information content (AvgIpc) is 3.06. The van der Waals surface area contributed by atoms with Gasteiger partial charge >= 0.3 is 0 Å². The van der Waals surface area contributed by atoms with Gasteiger partial charge in [-0.2, -0.15) is 5.01 Å². The van der Waals surface area contributed by atoms with Gasteiger partial charge in [-0.25, -0.2) is 4.99 Å². The number of methoxy groups -OCH3 is 1. The number of carbonyl (C=O) groups excluding carboxylic acids is 1. The number of nitrogens with one attached hydrogen (secondary N) is 1. The smallest absolute Gasteiger partial charge is 0.297 e. The zero-order valence-electron chi connectivity index (χ0n) is 15.7. The third-order valence-electron chi connectivity index (χ3n) is 4.45. The largest absolute Gasteiger partial charge is 0.497 e. The molecule has 144 valence electrons. The van der Waals surface area contributed by atoms with Crippen molar-refractivity contribution in [2.75, 3.05) is 12.5 Å². The Morgan fingerprint density at radius 3 is 2.34 bits per heavy atom. The number of rotatable bonds is 5. The molecule has 6 heteroatoms.